The molecule has 4 aromatic rings. The summed E-state index contributed by atoms with van der Waals surface area (Å²) in [5.74, 6) is 0.739. The molecule has 5 heteroatoms. The second-order valence-corrected chi connectivity index (χ2v) is 6.29. The molecule has 0 unspecified atom stereocenters. The van der Waals surface area contributed by atoms with E-state index in [4.69, 9.17) is 16.3 Å². The lowest BCUT2D eigenvalue weighted by molar-refractivity contribution is 0.411. The molecule has 1 heterocycles. The van der Waals surface area contributed by atoms with Crippen molar-refractivity contribution in [2.24, 2.45) is 0 Å². The summed E-state index contributed by atoms with van der Waals surface area (Å²) in [5.41, 5.74) is 5.54. The fourth-order valence-electron chi connectivity index (χ4n) is 2.94. The number of aryl methyl sites for hydroxylation is 1. The molecule has 0 aliphatic carbocycles. The maximum Gasteiger partial charge on any atom is 0.154 e. The van der Waals surface area contributed by atoms with E-state index in [0.717, 1.165) is 39.2 Å². The molecule has 1 aromatic heterocycles. The number of aromatic nitrogens is 3. The molecule has 25 heavy (non-hydrogen) atoms. The molecule has 0 saturated heterocycles. The number of hydrogen-bond donors (Lipinski definition) is 0. The first-order valence-electron chi connectivity index (χ1n) is 7.93. The van der Waals surface area contributed by atoms with Crippen molar-refractivity contribution in [2.75, 3.05) is 7.11 Å². The summed E-state index contributed by atoms with van der Waals surface area (Å²) < 4.78 is 5.73. The van der Waals surface area contributed by atoms with E-state index < -0.39 is 0 Å². The SMILES string of the molecule is COc1c(-c2ccccc2)cc(C)cc1-n1nc2ccc(Cl)cc2n1. The van der Waals surface area contributed by atoms with Crippen LogP contribution in [0, 0.1) is 6.92 Å². The van der Waals surface area contributed by atoms with Crippen molar-refractivity contribution in [3.05, 3.63) is 71.2 Å². The van der Waals surface area contributed by atoms with Gasteiger partial charge in [-0.25, -0.2) is 0 Å². The predicted molar refractivity (Wildman–Crippen MR) is 101 cm³/mol. The van der Waals surface area contributed by atoms with Crippen LogP contribution in [0.5, 0.6) is 5.75 Å². The number of methoxy groups -OCH3 is 1. The van der Waals surface area contributed by atoms with Gasteiger partial charge in [-0.3, -0.25) is 0 Å². The molecule has 0 N–H and O–H groups in total. The van der Waals surface area contributed by atoms with Gasteiger partial charge in [0.25, 0.3) is 0 Å². The second-order valence-electron chi connectivity index (χ2n) is 5.85. The number of nitrogens with zero attached hydrogens (tertiary/aromatic N) is 3. The highest BCUT2D eigenvalue weighted by Gasteiger charge is 2.16. The minimum atomic E-state index is 0.640. The van der Waals surface area contributed by atoms with Crippen LogP contribution in [-0.2, 0) is 0 Å². The van der Waals surface area contributed by atoms with Gasteiger partial charge in [-0.15, -0.1) is 15.0 Å². The van der Waals surface area contributed by atoms with E-state index in [1.54, 1.807) is 18.0 Å². The van der Waals surface area contributed by atoms with Gasteiger partial charge in [0.15, 0.2) is 5.75 Å². The highest BCUT2D eigenvalue weighted by molar-refractivity contribution is 6.31. The fraction of sp³-hybridized carbons (Fsp3) is 0.100. The van der Waals surface area contributed by atoms with Crippen LogP contribution in [-0.4, -0.2) is 22.1 Å². The first kappa shape index (κ1) is 15.7. The molecule has 0 amide bonds. The Bertz CT molecular complexity index is 1060. The molecular formula is C20H16ClN3O. The molecule has 0 saturated carbocycles. The highest BCUT2D eigenvalue weighted by Crippen LogP contribution is 2.36. The summed E-state index contributed by atoms with van der Waals surface area (Å²) in [7, 11) is 1.67. The lowest BCUT2D eigenvalue weighted by Crippen LogP contribution is -2.03. The van der Waals surface area contributed by atoms with E-state index >= 15 is 0 Å². The van der Waals surface area contributed by atoms with Gasteiger partial charge in [0.05, 0.1) is 7.11 Å². The Kier molecular flexibility index (Phi) is 3.90. The Morgan fingerprint density at radius 3 is 2.44 bits per heavy atom. The van der Waals surface area contributed by atoms with Gasteiger partial charge in [-0.2, -0.15) is 0 Å². The van der Waals surface area contributed by atoms with Crippen LogP contribution >= 0.6 is 11.6 Å². The van der Waals surface area contributed by atoms with Crippen LogP contribution in [0.4, 0.5) is 0 Å². The smallest absolute Gasteiger partial charge is 0.154 e. The molecule has 0 spiro atoms. The number of benzene rings is 3. The van der Waals surface area contributed by atoms with Crippen molar-refractivity contribution in [1.29, 1.82) is 0 Å². The van der Waals surface area contributed by atoms with Crippen LogP contribution in [0.1, 0.15) is 5.56 Å². The van der Waals surface area contributed by atoms with E-state index in [1.807, 2.05) is 36.4 Å². The number of hydrogen-bond acceptors (Lipinski definition) is 3. The molecule has 0 fully saturated rings. The van der Waals surface area contributed by atoms with Crippen molar-refractivity contribution in [1.82, 2.24) is 15.0 Å². The summed E-state index contributed by atoms with van der Waals surface area (Å²) in [4.78, 5) is 1.61. The first-order chi connectivity index (χ1) is 12.2. The van der Waals surface area contributed by atoms with Crippen molar-refractivity contribution in [3.63, 3.8) is 0 Å². The molecule has 4 nitrogen and oxygen atoms in total. The molecule has 0 atom stereocenters. The Morgan fingerprint density at radius 1 is 0.920 bits per heavy atom. The normalized spacial score (nSPS) is 11.0. The number of halogens is 1. The monoisotopic (exact) mass is 349 g/mol. The van der Waals surface area contributed by atoms with Crippen molar-refractivity contribution < 1.29 is 4.74 Å². The second kappa shape index (κ2) is 6.22. The molecule has 0 radical (unpaired) electrons. The summed E-state index contributed by atoms with van der Waals surface area (Å²) in [6.45, 7) is 2.05. The quantitative estimate of drug-likeness (QED) is 0.519. The minimum Gasteiger partial charge on any atom is -0.494 e. The predicted octanol–water partition coefficient (Wildman–Crippen LogP) is 5.06. The van der Waals surface area contributed by atoms with Gasteiger partial charge >= 0.3 is 0 Å². The van der Waals surface area contributed by atoms with Crippen molar-refractivity contribution in [2.45, 2.75) is 6.92 Å². The van der Waals surface area contributed by atoms with Gasteiger partial charge < -0.3 is 4.74 Å². The van der Waals surface area contributed by atoms with E-state index in [1.165, 1.54) is 0 Å². The average molecular weight is 350 g/mol. The zero-order chi connectivity index (χ0) is 17.4. The van der Waals surface area contributed by atoms with Crippen LogP contribution in [0.2, 0.25) is 5.02 Å². The zero-order valence-corrected chi connectivity index (χ0v) is 14.7. The van der Waals surface area contributed by atoms with Gasteiger partial charge in [0, 0.05) is 10.6 Å². The minimum absolute atomic E-state index is 0.640. The Morgan fingerprint density at radius 2 is 1.68 bits per heavy atom. The Balaban J connectivity index is 1.95. The van der Waals surface area contributed by atoms with E-state index in [2.05, 4.69) is 35.3 Å². The Labute approximate surface area is 150 Å². The third kappa shape index (κ3) is 2.85. The van der Waals surface area contributed by atoms with E-state index in [9.17, 15) is 0 Å². The average Bonchev–Trinajstić information content (AvgIpc) is 3.04. The number of ether oxygens (including phenoxy) is 1. The van der Waals surface area contributed by atoms with Crippen molar-refractivity contribution >= 4 is 22.6 Å². The maximum atomic E-state index is 6.06. The third-order valence-electron chi connectivity index (χ3n) is 4.06. The standard InChI is InChI=1S/C20H16ClN3O/c1-13-10-16(14-6-4-3-5-7-14)20(25-2)19(11-13)24-22-17-9-8-15(21)12-18(17)23-24/h3-12H,1-2H3. The maximum absolute atomic E-state index is 6.06. The molecule has 4 rings (SSSR count). The number of fused-ring (bicyclic) bond motifs is 1. The number of rotatable bonds is 3. The van der Waals surface area contributed by atoms with Crippen molar-refractivity contribution in [3.8, 4) is 22.6 Å². The summed E-state index contributed by atoms with van der Waals surface area (Å²) in [5, 5.41) is 9.78. The fourth-order valence-corrected chi connectivity index (χ4v) is 3.11. The topological polar surface area (TPSA) is 39.9 Å². The molecule has 3 aromatic carbocycles. The van der Waals surface area contributed by atoms with Gasteiger partial charge in [0.2, 0.25) is 0 Å². The van der Waals surface area contributed by atoms with E-state index in [0.29, 0.717) is 5.02 Å². The molecule has 0 aliphatic heterocycles. The van der Waals surface area contributed by atoms with Crippen LogP contribution in [0.15, 0.2) is 60.7 Å². The lowest BCUT2D eigenvalue weighted by atomic mass is 10.0. The van der Waals surface area contributed by atoms with Crippen LogP contribution in [0.25, 0.3) is 27.8 Å². The third-order valence-corrected chi connectivity index (χ3v) is 4.30. The van der Waals surface area contributed by atoms with Crippen LogP contribution in [0.3, 0.4) is 0 Å². The van der Waals surface area contributed by atoms with Gasteiger partial charge in [-0.1, -0.05) is 41.9 Å². The van der Waals surface area contributed by atoms with Gasteiger partial charge in [0.1, 0.15) is 16.7 Å². The highest BCUT2D eigenvalue weighted by atomic mass is 35.5. The van der Waals surface area contributed by atoms with Crippen LogP contribution < -0.4 is 4.74 Å². The molecule has 0 aliphatic rings. The van der Waals surface area contributed by atoms with Gasteiger partial charge in [-0.05, 0) is 48.4 Å². The zero-order valence-electron chi connectivity index (χ0n) is 13.9. The Hall–Kier alpha value is -2.85. The summed E-state index contributed by atoms with van der Waals surface area (Å²) >= 11 is 6.06. The molecular weight excluding hydrogens is 334 g/mol. The molecule has 0 bridgehead atoms. The summed E-state index contributed by atoms with van der Waals surface area (Å²) in [6, 6.07) is 19.8. The molecule has 124 valence electrons. The first-order valence-corrected chi connectivity index (χ1v) is 8.30. The summed E-state index contributed by atoms with van der Waals surface area (Å²) in [6.07, 6.45) is 0. The largest absolute Gasteiger partial charge is 0.494 e. The lowest BCUT2D eigenvalue weighted by Gasteiger charge is -2.14. The van der Waals surface area contributed by atoms with E-state index in [-0.39, 0.29) is 0 Å².